The maximum Gasteiger partial charge on any atom is 0.273 e. The first-order valence-electron chi connectivity index (χ1n) is 10.5. The molecule has 35 heavy (non-hydrogen) atoms. The van der Waals surface area contributed by atoms with Crippen molar-refractivity contribution in [1.82, 2.24) is 4.90 Å². The van der Waals surface area contributed by atoms with Crippen molar-refractivity contribution in [2.24, 2.45) is 17.6 Å². The van der Waals surface area contributed by atoms with Crippen LogP contribution in [-0.4, -0.2) is 84.7 Å². The number of hydrogen-bond acceptors (Lipinski definition) is 11. The first kappa shape index (κ1) is 24.3. The Bertz CT molecular complexity index is 1280. The molecule has 6 atom stereocenters. The predicted octanol–water partition coefficient (Wildman–Crippen LogP) is -0.596. The van der Waals surface area contributed by atoms with Crippen molar-refractivity contribution in [2.75, 3.05) is 14.1 Å². The van der Waals surface area contributed by atoms with Crippen molar-refractivity contribution in [2.45, 2.75) is 30.6 Å². The summed E-state index contributed by atoms with van der Waals surface area (Å²) in [6.45, 7) is 1.42. The topological polar surface area (TPSA) is 225 Å². The lowest BCUT2D eigenvalue weighted by molar-refractivity contribution is -0.385. The zero-order valence-electron chi connectivity index (χ0n) is 18.8. The molecule has 3 aliphatic rings. The van der Waals surface area contributed by atoms with Crippen molar-refractivity contribution in [3.63, 3.8) is 0 Å². The minimum absolute atomic E-state index is 0.153. The van der Waals surface area contributed by atoms with Crippen LogP contribution < -0.4 is 5.73 Å². The van der Waals surface area contributed by atoms with Crippen LogP contribution in [0.4, 0.5) is 5.69 Å². The highest BCUT2D eigenvalue weighted by Crippen LogP contribution is 2.57. The molecule has 7 N–H and O–H groups in total. The van der Waals surface area contributed by atoms with Gasteiger partial charge in [0.05, 0.1) is 28.6 Å². The van der Waals surface area contributed by atoms with E-state index in [-0.39, 0.29) is 5.56 Å². The molecule has 0 aliphatic heterocycles. The number of phenolic OH excluding ortho intramolecular Hbond substituents is 1. The van der Waals surface area contributed by atoms with Crippen LogP contribution in [0.25, 0.3) is 5.76 Å². The van der Waals surface area contributed by atoms with E-state index in [1.54, 1.807) is 0 Å². The zero-order chi connectivity index (χ0) is 26.3. The average molecular weight is 489 g/mol. The second kappa shape index (κ2) is 7.60. The van der Waals surface area contributed by atoms with Gasteiger partial charge in [0.25, 0.3) is 11.6 Å². The lowest BCUT2D eigenvalue weighted by Crippen LogP contribution is -2.70. The van der Waals surface area contributed by atoms with Crippen LogP contribution in [-0.2, 0) is 14.4 Å². The number of aromatic hydroxyl groups is 1. The molecule has 0 bridgehead atoms. The largest absolute Gasteiger partial charge is 0.508 e. The van der Waals surface area contributed by atoms with Crippen LogP contribution >= 0.6 is 0 Å². The number of benzene rings is 1. The first-order valence-corrected chi connectivity index (χ1v) is 10.5. The number of fused-ring (bicyclic) bond motifs is 3. The zero-order valence-corrected chi connectivity index (χ0v) is 18.8. The Balaban J connectivity index is 2.10. The maximum atomic E-state index is 13.7. The fraction of sp³-hybridized carbons (Fsp3) is 0.409. The van der Waals surface area contributed by atoms with E-state index in [4.69, 9.17) is 5.73 Å². The quantitative estimate of drug-likeness (QED) is 0.179. The van der Waals surface area contributed by atoms with E-state index in [0.717, 1.165) is 12.1 Å². The number of nitrogens with two attached hydrogens (primary N) is 1. The number of Topliss-reactive ketones (excluding diaryl/α,β-unsaturated/α-hetero) is 2. The van der Waals surface area contributed by atoms with Gasteiger partial charge in [0.2, 0.25) is 5.78 Å². The molecule has 4 rings (SSSR count). The molecular weight excluding hydrogens is 466 g/mol. The molecule has 13 nitrogen and oxygen atoms in total. The number of hydrogen-bond donors (Lipinski definition) is 6. The summed E-state index contributed by atoms with van der Waals surface area (Å²) in [5.41, 5.74) is -0.516. The monoisotopic (exact) mass is 489 g/mol. The van der Waals surface area contributed by atoms with Gasteiger partial charge in [-0.2, -0.15) is 0 Å². The van der Waals surface area contributed by atoms with Gasteiger partial charge >= 0.3 is 0 Å². The highest BCUT2D eigenvalue weighted by atomic mass is 16.6. The second-order valence-corrected chi connectivity index (χ2v) is 9.20. The number of aliphatic hydroxyl groups excluding tert-OH is 3. The Morgan fingerprint density at radius 3 is 2.31 bits per heavy atom. The molecule has 0 aromatic heterocycles. The lowest BCUT2D eigenvalue weighted by atomic mass is 9.54. The van der Waals surface area contributed by atoms with Gasteiger partial charge in [-0.3, -0.25) is 29.4 Å². The average Bonchev–Trinajstić information content (AvgIpc) is 2.75. The highest BCUT2D eigenvalue weighted by Gasteiger charge is 2.68. The van der Waals surface area contributed by atoms with Crippen molar-refractivity contribution in [3.05, 3.63) is 50.3 Å². The number of carbonyl (C=O) groups is 3. The van der Waals surface area contributed by atoms with Crippen LogP contribution in [0.15, 0.2) is 29.0 Å². The van der Waals surface area contributed by atoms with Gasteiger partial charge in [-0.05, 0) is 26.1 Å². The molecule has 13 heteroatoms. The minimum atomic E-state index is -3.04. The van der Waals surface area contributed by atoms with Gasteiger partial charge in [-0.1, -0.05) is 6.92 Å². The number of carbonyl (C=O) groups excluding carboxylic acids is 3. The summed E-state index contributed by atoms with van der Waals surface area (Å²) in [6.07, 6.45) is -1.83. The Hall–Kier alpha value is -3.81. The maximum absolute atomic E-state index is 13.7. The number of rotatable bonds is 3. The van der Waals surface area contributed by atoms with Gasteiger partial charge in [-0.15, -0.1) is 0 Å². The molecule has 1 aromatic rings. The van der Waals surface area contributed by atoms with Crippen LogP contribution in [0, 0.1) is 22.0 Å². The third kappa shape index (κ3) is 2.89. The number of nitrogens with zero attached hydrogens (tertiary/aromatic N) is 2. The summed E-state index contributed by atoms with van der Waals surface area (Å²) in [4.78, 5) is 51.0. The summed E-state index contributed by atoms with van der Waals surface area (Å²) >= 11 is 0. The third-order valence-electron chi connectivity index (χ3n) is 7.28. The normalized spacial score (nSPS) is 32.3. The molecule has 1 fully saturated rings. The number of ketones is 2. The summed E-state index contributed by atoms with van der Waals surface area (Å²) in [5, 5.41) is 66.9. The van der Waals surface area contributed by atoms with Crippen LogP contribution in [0.1, 0.15) is 24.0 Å². The number of nitro benzene ring substituents is 1. The Morgan fingerprint density at radius 2 is 1.80 bits per heavy atom. The lowest BCUT2D eigenvalue weighted by Gasteiger charge is -2.53. The van der Waals surface area contributed by atoms with Crippen molar-refractivity contribution >= 4 is 28.9 Å². The molecular formula is C22H23N3O10. The predicted molar refractivity (Wildman–Crippen MR) is 117 cm³/mol. The van der Waals surface area contributed by atoms with E-state index >= 15 is 0 Å². The summed E-state index contributed by atoms with van der Waals surface area (Å²) < 4.78 is 0. The Labute approximate surface area is 197 Å². The number of aliphatic hydroxyl groups is 4. The number of nitro groups is 1. The SMILES string of the molecule is CC1c2c([N+](=O)[O-])ccc(O)c2C(O)=C2C(=O)C3(O)C(O)=C(C(N)=O)C(=O)C(N(C)C)C3C(O)C21. The third-order valence-corrected chi connectivity index (χ3v) is 7.28. The number of phenols is 1. The molecule has 186 valence electrons. The van der Waals surface area contributed by atoms with E-state index in [9.17, 15) is 50.0 Å². The van der Waals surface area contributed by atoms with Crippen molar-refractivity contribution < 1.29 is 44.8 Å². The van der Waals surface area contributed by atoms with E-state index in [2.05, 4.69) is 0 Å². The highest BCUT2D eigenvalue weighted by molar-refractivity contribution is 6.24. The van der Waals surface area contributed by atoms with Gasteiger partial charge in [0.1, 0.15) is 22.8 Å². The van der Waals surface area contributed by atoms with Crippen LogP contribution in [0.2, 0.25) is 0 Å². The summed E-state index contributed by atoms with van der Waals surface area (Å²) in [7, 11) is 2.76. The van der Waals surface area contributed by atoms with E-state index < -0.39 is 97.6 Å². The minimum Gasteiger partial charge on any atom is -0.508 e. The Kier molecular flexibility index (Phi) is 5.28. The van der Waals surface area contributed by atoms with Crippen LogP contribution in [0.3, 0.4) is 0 Å². The standard InChI is InChI=1S/C22H23N3O10/c1-6-9-7(25(34)35)4-5-8(26)11(9)16(27)12-10(6)17(28)14-15(24(2)3)18(29)13(21(23)32)20(31)22(14,33)19(12)30/h4-6,10,14-15,17,26-28,31,33H,1-3H3,(H2,23,32). The summed E-state index contributed by atoms with van der Waals surface area (Å²) in [6, 6.07) is 0.455. The molecule has 1 amide bonds. The van der Waals surface area contributed by atoms with Gasteiger partial charge < -0.3 is 31.3 Å². The first-order chi connectivity index (χ1) is 16.2. The van der Waals surface area contributed by atoms with Crippen molar-refractivity contribution in [1.29, 1.82) is 0 Å². The van der Waals surface area contributed by atoms with Crippen LogP contribution in [0.5, 0.6) is 5.75 Å². The molecule has 3 aliphatic carbocycles. The molecule has 0 spiro atoms. The molecule has 6 unspecified atom stereocenters. The molecule has 1 aromatic carbocycles. The molecule has 1 saturated carbocycles. The molecule has 0 heterocycles. The van der Waals surface area contributed by atoms with E-state index in [1.165, 1.54) is 25.9 Å². The number of likely N-dealkylation sites (N-methyl/N-ethyl adjacent to an activating group) is 1. The van der Waals surface area contributed by atoms with Gasteiger partial charge in [-0.25, -0.2) is 0 Å². The van der Waals surface area contributed by atoms with Gasteiger partial charge in [0.15, 0.2) is 11.4 Å². The fourth-order valence-corrected chi connectivity index (χ4v) is 5.83. The number of amides is 1. The van der Waals surface area contributed by atoms with Crippen molar-refractivity contribution in [3.8, 4) is 5.75 Å². The fourth-order valence-electron chi connectivity index (χ4n) is 5.83. The Morgan fingerprint density at radius 1 is 1.20 bits per heavy atom. The second-order valence-electron chi connectivity index (χ2n) is 9.20. The van der Waals surface area contributed by atoms with E-state index in [0.29, 0.717) is 0 Å². The number of primary amides is 1. The molecule has 0 saturated heterocycles. The molecule has 0 radical (unpaired) electrons. The van der Waals surface area contributed by atoms with Gasteiger partial charge in [0, 0.05) is 23.1 Å². The van der Waals surface area contributed by atoms with E-state index in [1.807, 2.05) is 0 Å². The summed E-state index contributed by atoms with van der Waals surface area (Å²) in [5.74, 6) is -10.9. The smallest absolute Gasteiger partial charge is 0.273 e.